The van der Waals surface area contributed by atoms with E-state index in [1.807, 2.05) is 25.7 Å². The van der Waals surface area contributed by atoms with Gasteiger partial charge in [0.05, 0.1) is 0 Å². The first kappa shape index (κ1) is 15.9. The van der Waals surface area contributed by atoms with Crippen molar-refractivity contribution in [3.05, 3.63) is 35.4 Å². The molecule has 0 unspecified atom stereocenters. The summed E-state index contributed by atoms with van der Waals surface area (Å²) in [5.41, 5.74) is 0.395. The van der Waals surface area contributed by atoms with Crippen LogP contribution >= 0.6 is 0 Å². The highest BCUT2D eigenvalue weighted by Gasteiger charge is 2.29. The molecule has 21 heavy (non-hydrogen) atoms. The number of nitrogens with zero attached hydrogens (tertiary/aromatic N) is 2. The molecule has 0 saturated carbocycles. The van der Waals surface area contributed by atoms with Gasteiger partial charge in [0, 0.05) is 38.1 Å². The lowest BCUT2D eigenvalue weighted by molar-refractivity contribution is -0.141. The molecule has 1 aromatic rings. The van der Waals surface area contributed by atoms with Crippen molar-refractivity contribution in [2.24, 2.45) is 5.41 Å². The molecule has 1 aliphatic heterocycles. The van der Waals surface area contributed by atoms with Crippen molar-refractivity contribution >= 4 is 5.91 Å². The minimum absolute atomic E-state index is 0.162. The number of carbonyl (C=O) groups excluding carboxylic acids is 1. The molecular formula is C16H22F2N2O. The third kappa shape index (κ3) is 4.00. The van der Waals surface area contributed by atoms with Crippen molar-refractivity contribution in [2.75, 3.05) is 26.2 Å². The van der Waals surface area contributed by atoms with E-state index in [1.165, 1.54) is 6.07 Å². The highest BCUT2D eigenvalue weighted by molar-refractivity contribution is 5.81. The summed E-state index contributed by atoms with van der Waals surface area (Å²) in [6, 6.07) is 4.00. The first-order valence-corrected chi connectivity index (χ1v) is 7.23. The summed E-state index contributed by atoms with van der Waals surface area (Å²) in [6.45, 7) is 9.20. The van der Waals surface area contributed by atoms with Crippen LogP contribution in [0.1, 0.15) is 26.3 Å². The summed E-state index contributed by atoms with van der Waals surface area (Å²) in [7, 11) is 0. The van der Waals surface area contributed by atoms with Crippen molar-refractivity contribution in [1.29, 1.82) is 0 Å². The Morgan fingerprint density at radius 3 is 2.24 bits per heavy atom. The molecule has 1 aliphatic rings. The molecule has 0 radical (unpaired) electrons. The van der Waals surface area contributed by atoms with Crippen LogP contribution < -0.4 is 0 Å². The first-order valence-electron chi connectivity index (χ1n) is 7.23. The Kier molecular flexibility index (Phi) is 4.61. The summed E-state index contributed by atoms with van der Waals surface area (Å²) in [4.78, 5) is 16.2. The predicted molar refractivity (Wildman–Crippen MR) is 77.7 cm³/mol. The highest BCUT2D eigenvalue weighted by atomic mass is 19.2. The molecule has 0 atom stereocenters. The van der Waals surface area contributed by atoms with Crippen molar-refractivity contribution in [1.82, 2.24) is 9.80 Å². The number of halogens is 2. The van der Waals surface area contributed by atoms with E-state index in [0.29, 0.717) is 19.6 Å². The minimum Gasteiger partial charge on any atom is -0.340 e. The molecule has 116 valence electrons. The zero-order valence-electron chi connectivity index (χ0n) is 12.8. The van der Waals surface area contributed by atoms with Gasteiger partial charge in [-0.05, 0) is 17.7 Å². The fraction of sp³-hybridized carbons (Fsp3) is 0.562. The van der Waals surface area contributed by atoms with Gasteiger partial charge in [-0.1, -0.05) is 26.8 Å². The van der Waals surface area contributed by atoms with E-state index >= 15 is 0 Å². The molecule has 3 nitrogen and oxygen atoms in total. The van der Waals surface area contributed by atoms with E-state index in [-0.39, 0.29) is 11.3 Å². The zero-order chi connectivity index (χ0) is 15.6. The Morgan fingerprint density at radius 2 is 1.71 bits per heavy atom. The Labute approximate surface area is 124 Å². The first-order chi connectivity index (χ1) is 9.77. The topological polar surface area (TPSA) is 23.6 Å². The molecule has 1 fully saturated rings. The van der Waals surface area contributed by atoms with Gasteiger partial charge in [0.15, 0.2) is 11.6 Å². The standard InChI is InChI=1S/C16H22F2N2O/c1-16(2,3)15(21)20-8-6-19(7-9-20)11-12-4-5-13(17)14(18)10-12/h4-5,10H,6-9,11H2,1-3H3. The van der Waals surface area contributed by atoms with E-state index in [1.54, 1.807) is 6.07 Å². The molecule has 5 heteroatoms. The maximum absolute atomic E-state index is 13.2. The van der Waals surface area contributed by atoms with Gasteiger partial charge in [0.1, 0.15) is 0 Å². The van der Waals surface area contributed by atoms with Crippen LogP contribution in [0, 0.1) is 17.0 Å². The van der Waals surface area contributed by atoms with Crippen molar-refractivity contribution in [2.45, 2.75) is 27.3 Å². The summed E-state index contributed by atoms with van der Waals surface area (Å²) in [5, 5.41) is 0. The number of hydrogen-bond acceptors (Lipinski definition) is 2. The summed E-state index contributed by atoms with van der Waals surface area (Å²) >= 11 is 0. The normalized spacial score (nSPS) is 17.1. The molecule has 0 aromatic heterocycles. The lowest BCUT2D eigenvalue weighted by atomic mass is 9.94. The van der Waals surface area contributed by atoms with Gasteiger partial charge in [-0.2, -0.15) is 0 Å². The molecule has 0 bridgehead atoms. The van der Waals surface area contributed by atoms with Crippen LogP contribution in [0.3, 0.4) is 0 Å². The van der Waals surface area contributed by atoms with Crippen LogP contribution in [0.25, 0.3) is 0 Å². The zero-order valence-corrected chi connectivity index (χ0v) is 12.8. The lowest BCUT2D eigenvalue weighted by Crippen LogP contribution is -2.51. The van der Waals surface area contributed by atoms with E-state index in [9.17, 15) is 13.6 Å². The second kappa shape index (κ2) is 6.10. The Morgan fingerprint density at radius 1 is 1.10 bits per heavy atom. The van der Waals surface area contributed by atoms with Gasteiger partial charge in [-0.15, -0.1) is 0 Å². The highest BCUT2D eigenvalue weighted by Crippen LogP contribution is 2.19. The van der Waals surface area contributed by atoms with E-state index in [4.69, 9.17) is 0 Å². The molecular weight excluding hydrogens is 274 g/mol. The van der Waals surface area contributed by atoms with Crippen LogP contribution in [0.5, 0.6) is 0 Å². The summed E-state index contributed by atoms with van der Waals surface area (Å²) in [6.07, 6.45) is 0. The van der Waals surface area contributed by atoms with Crippen molar-refractivity contribution < 1.29 is 13.6 Å². The van der Waals surface area contributed by atoms with Crippen LogP contribution in [-0.4, -0.2) is 41.9 Å². The molecule has 2 rings (SSSR count). The maximum Gasteiger partial charge on any atom is 0.228 e. The third-order valence-corrected chi connectivity index (χ3v) is 3.69. The SMILES string of the molecule is CC(C)(C)C(=O)N1CCN(Cc2ccc(F)c(F)c2)CC1. The predicted octanol–water partition coefficient (Wildman–Crippen LogP) is 2.66. The molecule has 0 aliphatic carbocycles. The fourth-order valence-corrected chi connectivity index (χ4v) is 2.48. The maximum atomic E-state index is 13.2. The Bertz CT molecular complexity index is 517. The molecule has 1 amide bonds. The average molecular weight is 296 g/mol. The van der Waals surface area contributed by atoms with Crippen LogP contribution in [-0.2, 0) is 11.3 Å². The lowest BCUT2D eigenvalue weighted by Gasteiger charge is -2.37. The van der Waals surface area contributed by atoms with E-state index in [2.05, 4.69) is 4.90 Å². The van der Waals surface area contributed by atoms with Gasteiger partial charge in [0.25, 0.3) is 0 Å². The number of carbonyl (C=O) groups is 1. The second-order valence-electron chi connectivity index (χ2n) is 6.57. The number of hydrogen-bond donors (Lipinski definition) is 0. The largest absolute Gasteiger partial charge is 0.340 e. The number of piperazine rings is 1. The molecule has 0 N–H and O–H groups in total. The van der Waals surface area contributed by atoms with E-state index < -0.39 is 11.6 Å². The molecule has 0 spiro atoms. The minimum atomic E-state index is -0.820. The van der Waals surface area contributed by atoms with Gasteiger partial charge in [-0.3, -0.25) is 9.69 Å². The quantitative estimate of drug-likeness (QED) is 0.837. The molecule has 1 aromatic carbocycles. The second-order valence-corrected chi connectivity index (χ2v) is 6.57. The molecule has 1 heterocycles. The summed E-state index contributed by atoms with van der Waals surface area (Å²) in [5.74, 6) is -1.47. The number of rotatable bonds is 2. The van der Waals surface area contributed by atoms with E-state index in [0.717, 1.165) is 24.7 Å². The van der Waals surface area contributed by atoms with Crippen LogP contribution in [0.15, 0.2) is 18.2 Å². The van der Waals surface area contributed by atoms with Gasteiger partial charge in [0.2, 0.25) is 5.91 Å². The monoisotopic (exact) mass is 296 g/mol. The van der Waals surface area contributed by atoms with Gasteiger partial charge in [-0.25, -0.2) is 8.78 Å². The van der Waals surface area contributed by atoms with Crippen molar-refractivity contribution in [3.63, 3.8) is 0 Å². The third-order valence-electron chi connectivity index (χ3n) is 3.69. The van der Waals surface area contributed by atoms with Crippen LogP contribution in [0.2, 0.25) is 0 Å². The Balaban J connectivity index is 1.89. The van der Waals surface area contributed by atoms with Crippen LogP contribution in [0.4, 0.5) is 8.78 Å². The van der Waals surface area contributed by atoms with Gasteiger partial charge >= 0.3 is 0 Å². The number of amides is 1. The average Bonchev–Trinajstić information content (AvgIpc) is 2.42. The smallest absolute Gasteiger partial charge is 0.228 e. The Hall–Kier alpha value is -1.49. The molecule has 1 saturated heterocycles. The summed E-state index contributed by atoms with van der Waals surface area (Å²) < 4.78 is 26.1. The van der Waals surface area contributed by atoms with Crippen molar-refractivity contribution in [3.8, 4) is 0 Å². The number of benzene rings is 1. The van der Waals surface area contributed by atoms with Gasteiger partial charge < -0.3 is 4.90 Å². The fourth-order valence-electron chi connectivity index (χ4n) is 2.48.